The first-order valence-corrected chi connectivity index (χ1v) is 6.58. The summed E-state index contributed by atoms with van der Waals surface area (Å²) in [5.74, 6) is -0.0497. The van der Waals surface area contributed by atoms with Crippen LogP contribution in [0.15, 0.2) is 12.4 Å². The predicted octanol–water partition coefficient (Wildman–Crippen LogP) is 2.77. The number of hydrogen-bond acceptors (Lipinski definition) is 4. The van der Waals surface area contributed by atoms with Crippen molar-refractivity contribution < 1.29 is 14.6 Å². The van der Waals surface area contributed by atoms with Crippen LogP contribution in [0.25, 0.3) is 0 Å². The molecular weight excluding hydrogens is 244 g/mol. The van der Waals surface area contributed by atoms with Crippen LogP contribution >= 0.6 is 0 Å². The first kappa shape index (κ1) is 13.8. The summed E-state index contributed by atoms with van der Waals surface area (Å²) >= 11 is 0. The van der Waals surface area contributed by atoms with E-state index in [1.165, 1.54) is 18.8 Å². The Morgan fingerprint density at radius 3 is 2.63 bits per heavy atom. The minimum Gasteiger partial charge on any atom is -0.476 e. The summed E-state index contributed by atoms with van der Waals surface area (Å²) in [6, 6.07) is 0. The highest BCUT2D eigenvalue weighted by Crippen LogP contribution is 2.39. The van der Waals surface area contributed by atoms with E-state index in [1.807, 2.05) is 0 Å². The molecule has 0 aliphatic heterocycles. The highest BCUT2D eigenvalue weighted by Gasteiger charge is 2.33. The Balaban J connectivity index is 2.02. The van der Waals surface area contributed by atoms with Gasteiger partial charge in [-0.1, -0.05) is 20.8 Å². The molecule has 19 heavy (non-hydrogen) atoms. The monoisotopic (exact) mass is 264 g/mol. The van der Waals surface area contributed by atoms with Crippen molar-refractivity contribution in [2.75, 3.05) is 0 Å². The topological polar surface area (TPSA) is 72.3 Å². The number of hydrogen-bond donors (Lipinski definition) is 1. The van der Waals surface area contributed by atoms with E-state index in [0.717, 1.165) is 12.8 Å². The summed E-state index contributed by atoms with van der Waals surface area (Å²) in [6.07, 6.45) is 5.94. The van der Waals surface area contributed by atoms with Gasteiger partial charge in [0.05, 0.1) is 12.4 Å². The first-order chi connectivity index (χ1) is 8.85. The molecule has 5 nitrogen and oxygen atoms in total. The predicted molar refractivity (Wildman–Crippen MR) is 70.2 cm³/mol. The fraction of sp³-hybridized carbons (Fsp3) is 0.643. The van der Waals surface area contributed by atoms with E-state index in [4.69, 9.17) is 9.84 Å². The maximum atomic E-state index is 10.7. The average molecular weight is 264 g/mol. The molecule has 0 aromatic carbocycles. The quantitative estimate of drug-likeness (QED) is 0.908. The number of aromatic carboxylic acids is 1. The van der Waals surface area contributed by atoms with Crippen LogP contribution in [-0.2, 0) is 0 Å². The summed E-state index contributed by atoms with van der Waals surface area (Å²) in [5.41, 5.74) is 0.209. The zero-order valence-electron chi connectivity index (χ0n) is 11.6. The van der Waals surface area contributed by atoms with Gasteiger partial charge in [-0.15, -0.1) is 0 Å². The van der Waals surface area contributed by atoms with Crippen molar-refractivity contribution in [1.29, 1.82) is 0 Å². The van der Waals surface area contributed by atoms with Crippen LogP contribution in [-0.4, -0.2) is 27.1 Å². The van der Waals surface area contributed by atoms with Crippen molar-refractivity contribution in [3.8, 4) is 5.88 Å². The molecule has 2 atom stereocenters. The van der Waals surface area contributed by atoms with Gasteiger partial charge in [0.15, 0.2) is 5.69 Å². The van der Waals surface area contributed by atoms with Crippen molar-refractivity contribution in [1.82, 2.24) is 9.97 Å². The normalized spacial score (nSPS) is 25.8. The Bertz CT molecular complexity index is 456. The second-order valence-corrected chi connectivity index (χ2v) is 6.20. The van der Waals surface area contributed by atoms with E-state index in [9.17, 15) is 4.79 Å². The van der Waals surface area contributed by atoms with Crippen LogP contribution in [0.5, 0.6) is 5.88 Å². The van der Waals surface area contributed by atoms with Gasteiger partial charge < -0.3 is 9.84 Å². The second-order valence-electron chi connectivity index (χ2n) is 6.20. The number of carboxylic acid groups (broad SMARTS) is 1. The molecule has 5 heteroatoms. The smallest absolute Gasteiger partial charge is 0.356 e. The third kappa shape index (κ3) is 3.66. The van der Waals surface area contributed by atoms with Crippen molar-refractivity contribution in [2.45, 2.75) is 46.1 Å². The standard InChI is InChI=1S/C14H20N2O3/c1-9-4-10(6-14(2,3)5-9)19-12-8-15-11(7-16-12)13(17)18/h7-10H,4-6H2,1-3H3,(H,17,18). The van der Waals surface area contributed by atoms with Gasteiger partial charge in [0.25, 0.3) is 0 Å². The highest BCUT2D eigenvalue weighted by molar-refractivity contribution is 5.84. The SMILES string of the molecule is CC1CC(Oc2cnc(C(=O)O)cn2)CC(C)(C)C1. The highest BCUT2D eigenvalue weighted by atomic mass is 16.5. The summed E-state index contributed by atoms with van der Waals surface area (Å²) in [7, 11) is 0. The maximum Gasteiger partial charge on any atom is 0.356 e. The molecule has 1 aromatic heterocycles. The maximum absolute atomic E-state index is 10.7. The molecule has 1 aliphatic carbocycles. The Hall–Kier alpha value is -1.65. The van der Waals surface area contributed by atoms with Crippen molar-refractivity contribution in [2.24, 2.45) is 11.3 Å². The van der Waals surface area contributed by atoms with Gasteiger partial charge in [-0.2, -0.15) is 0 Å². The van der Waals surface area contributed by atoms with Crippen molar-refractivity contribution >= 4 is 5.97 Å². The van der Waals surface area contributed by atoms with Gasteiger partial charge in [-0.3, -0.25) is 0 Å². The molecule has 2 unspecified atom stereocenters. The molecule has 1 aromatic rings. The van der Waals surface area contributed by atoms with Crippen molar-refractivity contribution in [3.63, 3.8) is 0 Å². The minimum atomic E-state index is -1.08. The lowest BCUT2D eigenvalue weighted by atomic mass is 9.71. The molecule has 0 spiro atoms. The molecule has 1 N–H and O–H groups in total. The molecular formula is C14H20N2O3. The molecule has 1 heterocycles. The molecule has 1 saturated carbocycles. The third-order valence-electron chi connectivity index (χ3n) is 3.48. The summed E-state index contributed by atoms with van der Waals surface area (Å²) in [6.45, 7) is 6.73. The van der Waals surface area contributed by atoms with E-state index in [1.54, 1.807) is 0 Å². The van der Waals surface area contributed by atoms with Crippen LogP contribution in [0, 0.1) is 11.3 Å². The first-order valence-electron chi connectivity index (χ1n) is 6.58. The zero-order chi connectivity index (χ0) is 14.0. The molecule has 1 fully saturated rings. The molecule has 2 rings (SSSR count). The van der Waals surface area contributed by atoms with E-state index in [0.29, 0.717) is 11.8 Å². The molecule has 0 saturated heterocycles. The number of ether oxygens (including phenoxy) is 1. The van der Waals surface area contributed by atoms with Crippen LogP contribution in [0.4, 0.5) is 0 Å². The molecule has 0 radical (unpaired) electrons. The number of carboxylic acids is 1. The van der Waals surface area contributed by atoms with Gasteiger partial charge in [0.2, 0.25) is 5.88 Å². The summed E-state index contributed by atoms with van der Waals surface area (Å²) in [5, 5.41) is 8.76. The van der Waals surface area contributed by atoms with Crippen LogP contribution in [0.3, 0.4) is 0 Å². The van der Waals surface area contributed by atoms with Gasteiger partial charge in [-0.05, 0) is 30.6 Å². The molecule has 0 bridgehead atoms. The minimum absolute atomic E-state index is 0.0651. The second kappa shape index (κ2) is 5.15. The summed E-state index contributed by atoms with van der Waals surface area (Å²) < 4.78 is 5.83. The number of aromatic nitrogens is 2. The average Bonchev–Trinajstić information content (AvgIpc) is 2.26. The van der Waals surface area contributed by atoms with E-state index >= 15 is 0 Å². The Morgan fingerprint density at radius 2 is 2.11 bits per heavy atom. The summed E-state index contributed by atoms with van der Waals surface area (Å²) in [4.78, 5) is 18.5. The third-order valence-corrected chi connectivity index (χ3v) is 3.48. The van der Waals surface area contributed by atoms with Crippen molar-refractivity contribution in [3.05, 3.63) is 18.1 Å². The largest absolute Gasteiger partial charge is 0.476 e. The van der Waals surface area contributed by atoms with Crippen LogP contribution in [0.1, 0.15) is 50.5 Å². The Labute approximate surface area is 113 Å². The number of nitrogens with zero attached hydrogens (tertiary/aromatic N) is 2. The van der Waals surface area contributed by atoms with Gasteiger partial charge in [-0.25, -0.2) is 14.8 Å². The van der Waals surface area contributed by atoms with E-state index < -0.39 is 5.97 Å². The van der Waals surface area contributed by atoms with E-state index in [-0.39, 0.29) is 17.2 Å². The molecule has 104 valence electrons. The van der Waals surface area contributed by atoms with E-state index in [2.05, 4.69) is 30.7 Å². The fourth-order valence-electron chi connectivity index (χ4n) is 3.01. The Kier molecular flexibility index (Phi) is 3.73. The lowest BCUT2D eigenvalue weighted by Gasteiger charge is -2.38. The van der Waals surface area contributed by atoms with Crippen LogP contribution in [0.2, 0.25) is 0 Å². The van der Waals surface area contributed by atoms with Gasteiger partial charge >= 0.3 is 5.97 Å². The lowest BCUT2D eigenvalue weighted by Crippen LogP contribution is -2.34. The Morgan fingerprint density at radius 1 is 1.37 bits per heavy atom. The fourth-order valence-corrected chi connectivity index (χ4v) is 3.01. The molecule has 0 amide bonds. The zero-order valence-corrected chi connectivity index (χ0v) is 11.6. The van der Waals surface area contributed by atoms with Gasteiger partial charge in [0.1, 0.15) is 6.10 Å². The lowest BCUT2D eigenvalue weighted by molar-refractivity contribution is 0.0529. The number of carbonyl (C=O) groups is 1. The van der Waals surface area contributed by atoms with Crippen LogP contribution < -0.4 is 4.74 Å². The molecule has 1 aliphatic rings. The number of rotatable bonds is 3. The van der Waals surface area contributed by atoms with Gasteiger partial charge in [0, 0.05) is 0 Å².